The number of carbonyl (C=O) groups is 1. The molecule has 0 saturated carbocycles. The first-order valence-corrected chi connectivity index (χ1v) is 9.16. The number of ether oxygens (including phenoxy) is 1. The molecular weight excluding hydrogens is 364 g/mol. The van der Waals surface area contributed by atoms with Crippen LogP contribution in [0.5, 0.6) is 0 Å². The molecule has 0 bridgehead atoms. The van der Waals surface area contributed by atoms with Gasteiger partial charge >= 0.3 is 0 Å². The SMILES string of the molecule is COCCn1cc(C2=CN/C(=C3\C(=N)c4ncc(C)cc4NC3=O)S2)cn1. The molecule has 3 N–H and O–H groups in total. The number of anilines is 1. The number of nitrogens with one attached hydrogen (secondary N) is 3. The van der Waals surface area contributed by atoms with Gasteiger partial charge in [0, 0.05) is 36.2 Å². The van der Waals surface area contributed by atoms with Crippen LogP contribution in [-0.4, -0.2) is 40.1 Å². The monoisotopic (exact) mass is 382 g/mol. The second-order valence-electron chi connectivity index (χ2n) is 6.18. The minimum Gasteiger partial charge on any atom is -0.383 e. The summed E-state index contributed by atoms with van der Waals surface area (Å²) in [6.07, 6.45) is 7.22. The standard InChI is InChI=1S/C18H18N6O2S/c1-10-5-12-16(20-6-10)15(19)14(17(25)23-12)18-21-8-13(27-18)11-7-22-24(9-11)3-4-26-2/h5-9,19,21H,3-4H2,1-2H3,(H,23,25)/b18-14-,19-15?. The van der Waals surface area contributed by atoms with Gasteiger partial charge < -0.3 is 15.4 Å². The van der Waals surface area contributed by atoms with E-state index in [2.05, 4.69) is 20.7 Å². The van der Waals surface area contributed by atoms with Crippen molar-refractivity contribution >= 4 is 34.0 Å². The summed E-state index contributed by atoms with van der Waals surface area (Å²) in [6.45, 7) is 3.16. The number of aromatic nitrogens is 3. The van der Waals surface area contributed by atoms with Gasteiger partial charge in [0.2, 0.25) is 0 Å². The lowest BCUT2D eigenvalue weighted by Crippen LogP contribution is -2.30. The molecule has 138 valence electrons. The third-order valence-corrected chi connectivity index (χ3v) is 5.30. The predicted molar refractivity (Wildman–Crippen MR) is 104 cm³/mol. The number of pyridine rings is 1. The van der Waals surface area contributed by atoms with E-state index >= 15 is 0 Å². The molecule has 2 aromatic rings. The van der Waals surface area contributed by atoms with Crippen molar-refractivity contribution in [3.8, 4) is 0 Å². The Kier molecular flexibility index (Phi) is 4.54. The van der Waals surface area contributed by atoms with Gasteiger partial charge in [-0.25, -0.2) is 0 Å². The van der Waals surface area contributed by atoms with Crippen molar-refractivity contribution in [1.29, 1.82) is 5.41 Å². The first kappa shape index (κ1) is 17.5. The van der Waals surface area contributed by atoms with Gasteiger partial charge in [-0.15, -0.1) is 0 Å². The van der Waals surface area contributed by atoms with Crippen LogP contribution in [0.4, 0.5) is 5.69 Å². The van der Waals surface area contributed by atoms with Crippen molar-refractivity contribution in [3.05, 3.63) is 58.3 Å². The van der Waals surface area contributed by atoms with E-state index in [0.29, 0.717) is 35.1 Å². The largest absolute Gasteiger partial charge is 0.383 e. The van der Waals surface area contributed by atoms with Crippen LogP contribution in [0, 0.1) is 12.3 Å². The fraction of sp³-hybridized carbons (Fsp3) is 0.222. The van der Waals surface area contributed by atoms with Crippen molar-refractivity contribution in [2.45, 2.75) is 13.5 Å². The van der Waals surface area contributed by atoms with E-state index in [-0.39, 0.29) is 11.6 Å². The Morgan fingerprint density at radius 3 is 3.04 bits per heavy atom. The molecule has 0 unspecified atom stereocenters. The summed E-state index contributed by atoms with van der Waals surface area (Å²) in [4.78, 5) is 17.8. The molecule has 0 fully saturated rings. The molecule has 0 saturated heterocycles. The average molecular weight is 382 g/mol. The van der Waals surface area contributed by atoms with Gasteiger partial charge in [0.25, 0.3) is 5.91 Å². The number of nitrogens with zero attached hydrogens (tertiary/aromatic N) is 3. The fourth-order valence-corrected chi connectivity index (χ4v) is 3.84. The molecule has 2 aromatic heterocycles. The van der Waals surface area contributed by atoms with Crippen LogP contribution in [0.15, 0.2) is 41.5 Å². The summed E-state index contributed by atoms with van der Waals surface area (Å²) >= 11 is 1.41. The normalized spacial score (nSPS) is 18.8. The smallest absolute Gasteiger partial charge is 0.260 e. The van der Waals surface area contributed by atoms with Crippen molar-refractivity contribution in [1.82, 2.24) is 20.1 Å². The van der Waals surface area contributed by atoms with Crippen LogP contribution in [-0.2, 0) is 16.1 Å². The number of hydrogen-bond donors (Lipinski definition) is 3. The van der Waals surface area contributed by atoms with E-state index in [9.17, 15) is 4.79 Å². The number of aryl methyl sites for hydroxylation is 1. The van der Waals surface area contributed by atoms with Crippen molar-refractivity contribution in [2.75, 3.05) is 19.0 Å². The molecule has 0 aromatic carbocycles. The first-order valence-electron chi connectivity index (χ1n) is 8.34. The Hall–Kier alpha value is -2.91. The van der Waals surface area contributed by atoms with Crippen LogP contribution >= 0.6 is 11.8 Å². The highest BCUT2D eigenvalue weighted by Gasteiger charge is 2.32. The van der Waals surface area contributed by atoms with Crippen LogP contribution in [0.2, 0.25) is 0 Å². The van der Waals surface area contributed by atoms with Crippen LogP contribution in [0.1, 0.15) is 16.8 Å². The number of fused-ring (bicyclic) bond motifs is 1. The zero-order chi connectivity index (χ0) is 19.0. The van der Waals surface area contributed by atoms with Gasteiger partial charge in [-0.3, -0.25) is 19.9 Å². The van der Waals surface area contributed by atoms with E-state index < -0.39 is 0 Å². The van der Waals surface area contributed by atoms with Crippen LogP contribution in [0.25, 0.3) is 4.91 Å². The Morgan fingerprint density at radius 1 is 1.37 bits per heavy atom. The highest BCUT2D eigenvalue weighted by Crippen LogP contribution is 2.39. The highest BCUT2D eigenvalue weighted by atomic mass is 32.2. The third-order valence-electron chi connectivity index (χ3n) is 4.20. The first-order chi connectivity index (χ1) is 13.1. The summed E-state index contributed by atoms with van der Waals surface area (Å²) in [5.41, 5.74) is 3.34. The minimum absolute atomic E-state index is 0.120. The molecule has 0 radical (unpaired) electrons. The predicted octanol–water partition coefficient (Wildman–Crippen LogP) is 2.10. The zero-order valence-electron chi connectivity index (χ0n) is 14.9. The molecular formula is C18H18N6O2S. The lowest BCUT2D eigenvalue weighted by atomic mass is 10.0. The van der Waals surface area contributed by atoms with Gasteiger partial charge in [-0.2, -0.15) is 5.10 Å². The van der Waals surface area contributed by atoms with Gasteiger partial charge in [-0.05, 0) is 18.6 Å². The third kappa shape index (κ3) is 3.26. The zero-order valence-corrected chi connectivity index (χ0v) is 15.7. The van der Waals surface area contributed by atoms with Gasteiger partial charge in [0.05, 0.1) is 41.3 Å². The van der Waals surface area contributed by atoms with Gasteiger partial charge in [-0.1, -0.05) is 11.8 Å². The van der Waals surface area contributed by atoms with Crippen molar-refractivity contribution in [2.24, 2.45) is 0 Å². The van der Waals surface area contributed by atoms with Crippen LogP contribution in [0.3, 0.4) is 0 Å². The Balaban J connectivity index is 1.58. The maximum absolute atomic E-state index is 12.6. The van der Waals surface area contributed by atoms with E-state index in [1.54, 1.807) is 19.5 Å². The second kappa shape index (κ2) is 7.01. The lowest BCUT2D eigenvalue weighted by Gasteiger charge is -2.21. The summed E-state index contributed by atoms with van der Waals surface area (Å²) in [7, 11) is 1.65. The molecule has 9 heteroatoms. The van der Waals surface area contributed by atoms with E-state index in [4.69, 9.17) is 10.1 Å². The van der Waals surface area contributed by atoms with Crippen LogP contribution < -0.4 is 10.6 Å². The molecule has 4 rings (SSSR count). The summed E-state index contributed by atoms with van der Waals surface area (Å²) in [5.74, 6) is -0.305. The van der Waals surface area contributed by atoms with Crippen molar-refractivity contribution in [3.63, 3.8) is 0 Å². The molecule has 2 aliphatic heterocycles. The number of methoxy groups -OCH3 is 1. The average Bonchev–Trinajstić information content (AvgIpc) is 3.29. The number of hydrogen-bond acceptors (Lipinski definition) is 7. The number of thioether (sulfide) groups is 1. The van der Waals surface area contributed by atoms with E-state index in [1.807, 2.05) is 30.1 Å². The van der Waals surface area contributed by atoms with Gasteiger partial charge in [0.15, 0.2) is 0 Å². The molecule has 0 spiro atoms. The number of amides is 1. The maximum Gasteiger partial charge on any atom is 0.260 e. The molecule has 8 nitrogen and oxygen atoms in total. The molecule has 0 atom stereocenters. The Labute approximate surface area is 160 Å². The fourth-order valence-electron chi connectivity index (χ4n) is 2.86. The van der Waals surface area contributed by atoms with Gasteiger partial charge in [0.1, 0.15) is 5.69 Å². The number of carbonyl (C=O) groups excluding carboxylic acids is 1. The second-order valence-corrected chi connectivity index (χ2v) is 7.23. The maximum atomic E-state index is 12.6. The molecule has 0 aliphatic carbocycles. The van der Waals surface area contributed by atoms with E-state index in [0.717, 1.165) is 16.0 Å². The summed E-state index contributed by atoms with van der Waals surface area (Å²) in [5, 5.41) is 19.3. The summed E-state index contributed by atoms with van der Waals surface area (Å²) in [6, 6.07) is 1.82. The molecule has 1 amide bonds. The highest BCUT2D eigenvalue weighted by molar-refractivity contribution is 8.12. The number of rotatable bonds is 4. The minimum atomic E-state index is -0.305. The topological polar surface area (TPSA) is 105 Å². The Bertz CT molecular complexity index is 1010. The molecule has 27 heavy (non-hydrogen) atoms. The summed E-state index contributed by atoms with van der Waals surface area (Å²) < 4.78 is 6.87. The van der Waals surface area contributed by atoms with Crippen molar-refractivity contribution < 1.29 is 9.53 Å². The molecule has 2 aliphatic rings. The quantitative estimate of drug-likeness (QED) is 0.700. The lowest BCUT2D eigenvalue weighted by molar-refractivity contribution is -0.112. The van der Waals surface area contributed by atoms with E-state index in [1.165, 1.54) is 11.8 Å². The molecule has 4 heterocycles. The Morgan fingerprint density at radius 2 is 2.22 bits per heavy atom.